The first-order valence-corrected chi connectivity index (χ1v) is 17.9. The van der Waals surface area contributed by atoms with Crippen LogP contribution in [-0.4, -0.2) is 108 Å². The Labute approximate surface area is 285 Å². The number of para-hydroxylation sites is 1. The van der Waals surface area contributed by atoms with Crippen LogP contribution in [0.4, 0.5) is 20.1 Å². The molecule has 4 N–H and O–H groups in total. The lowest BCUT2D eigenvalue weighted by Gasteiger charge is -2.42. The molecular weight excluding hydrogens is 608 g/mol. The normalized spacial score (nSPS) is 20.7. The molecule has 0 radical (unpaired) electrons. The molecule has 7 amide bonds. The van der Waals surface area contributed by atoms with Crippen molar-refractivity contribution in [3.05, 3.63) is 53.8 Å². The molecule has 3 saturated heterocycles. The summed E-state index contributed by atoms with van der Waals surface area (Å²) in [5.41, 5.74) is 2.82. The monoisotopic (exact) mass is 662 g/mol. The summed E-state index contributed by atoms with van der Waals surface area (Å²) in [6.07, 6.45) is 14.6. The van der Waals surface area contributed by atoms with Gasteiger partial charge in [0.25, 0.3) is 0 Å². The first-order valence-electron chi connectivity index (χ1n) is 17.9. The SMILES string of the molecule is CCC/C=C(\C=C\NC(=O)NC)CC(NC(=O)N1CCC(N2Cc3ccccc3NC2=O)CC1)C(=O)N1CCC(N2CCCCC2)CC1. The fraction of sp³-hybridized carbons (Fsp3) is 0.611. The van der Waals surface area contributed by atoms with Gasteiger partial charge in [-0.25, -0.2) is 14.4 Å². The number of allylic oxidation sites excluding steroid dienone is 2. The highest BCUT2D eigenvalue weighted by Gasteiger charge is 2.35. The van der Waals surface area contributed by atoms with Gasteiger partial charge in [-0.15, -0.1) is 0 Å². The predicted molar refractivity (Wildman–Crippen MR) is 187 cm³/mol. The molecule has 5 rings (SSSR count). The number of carbonyl (C=O) groups is 4. The molecule has 1 aromatic carbocycles. The maximum Gasteiger partial charge on any atom is 0.322 e. The van der Waals surface area contributed by atoms with E-state index in [-0.39, 0.29) is 30.0 Å². The number of amides is 7. The van der Waals surface area contributed by atoms with E-state index in [4.69, 9.17) is 0 Å². The van der Waals surface area contributed by atoms with Crippen LogP contribution in [0.2, 0.25) is 0 Å². The number of likely N-dealkylation sites (tertiary alicyclic amines) is 3. The number of rotatable bonds is 10. The summed E-state index contributed by atoms with van der Waals surface area (Å²) in [5, 5.41) is 11.3. The molecule has 4 aliphatic heterocycles. The minimum absolute atomic E-state index is 0.0302. The maximum absolute atomic E-state index is 14.1. The second kappa shape index (κ2) is 17.4. The summed E-state index contributed by atoms with van der Waals surface area (Å²) in [5.74, 6) is -0.0611. The van der Waals surface area contributed by atoms with Crippen molar-refractivity contribution in [3.63, 3.8) is 0 Å². The van der Waals surface area contributed by atoms with Crippen LogP contribution in [0.1, 0.15) is 76.7 Å². The van der Waals surface area contributed by atoms with E-state index in [1.807, 2.05) is 40.1 Å². The second-order valence-corrected chi connectivity index (χ2v) is 13.4. The molecule has 3 fully saturated rings. The van der Waals surface area contributed by atoms with Crippen LogP contribution in [0.25, 0.3) is 0 Å². The third kappa shape index (κ3) is 9.30. The highest BCUT2D eigenvalue weighted by molar-refractivity contribution is 5.92. The van der Waals surface area contributed by atoms with E-state index >= 15 is 0 Å². The summed E-state index contributed by atoms with van der Waals surface area (Å²) in [6.45, 7) is 7.29. The van der Waals surface area contributed by atoms with Crippen LogP contribution >= 0.6 is 0 Å². The first kappa shape index (κ1) is 35.3. The smallest absolute Gasteiger partial charge is 0.322 e. The van der Waals surface area contributed by atoms with Gasteiger partial charge in [0.2, 0.25) is 5.91 Å². The van der Waals surface area contributed by atoms with Crippen LogP contribution in [0.5, 0.6) is 0 Å². The lowest BCUT2D eigenvalue weighted by molar-refractivity contribution is -0.134. The zero-order chi connectivity index (χ0) is 33.9. The molecule has 1 atom stereocenters. The summed E-state index contributed by atoms with van der Waals surface area (Å²) in [6, 6.07) is 6.97. The molecule has 12 nitrogen and oxygen atoms in total. The number of fused-ring (bicyclic) bond motifs is 1. The average molecular weight is 663 g/mol. The quantitative estimate of drug-likeness (QED) is 0.272. The molecule has 1 unspecified atom stereocenters. The number of unbranched alkanes of at least 4 members (excludes halogenated alkanes) is 1. The molecule has 0 spiro atoms. The molecule has 262 valence electrons. The molecule has 4 heterocycles. The van der Waals surface area contributed by atoms with Crippen molar-refractivity contribution < 1.29 is 19.2 Å². The largest absolute Gasteiger partial charge is 0.341 e. The van der Waals surface area contributed by atoms with Crippen molar-refractivity contribution in [3.8, 4) is 0 Å². The van der Waals surface area contributed by atoms with Gasteiger partial charge < -0.3 is 40.9 Å². The van der Waals surface area contributed by atoms with Gasteiger partial charge in [0, 0.05) is 70.2 Å². The Kier molecular flexibility index (Phi) is 12.8. The molecule has 4 aliphatic rings. The summed E-state index contributed by atoms with van der Waals surface area (Å²) >= 11 is 0. The Balaban J connectivity index is 1.23. The summed E-state index contributed by atoms with van der Waals surface area (Å²) < 4.78 is 0. The van der Waals surface area contributed by atoms with E-state index in [0.29, 0.717) is 58.0 Å². The van der Waals surface area contributed by atoms with Crippen molar-refractivity contribution in [2.75, 3.05) is 51.6 Å². The number of piperidine rings is 3. The van der Waals surface area contributed by atoms with Crippen molar-refractivity contribution >= 4 is 29.7 Å². The average Bonchev–Trinajstić information content (AvgIpc) is 3.13. The van der Waals surface area contributed by atoms with Crippen molar-refractivity contribution in [2.24, 2.45) is 0 Å². The topological polar surface area (TPSA) is 129 Å². The van der Waals surface area contributed by atoms with E-state index in [1.54, 1.807) is 18.1 Å². The minimum Gasteiger partial charge on any atom is -0.341 e. The van der Waals surface area contributed by atoms with E-state index in [2.05, 4.69) is 39.2 Å². The number of hydrogen-bond acceptors (Lipinski definition) is 5. The number of urea groups is 3. The van der Waals surface area contributed by atoms with Gasteiger partial charge in [0.05, 0.1) is 0 Å². The van der Waals surface area contributed by atoms with Crippen LogP contribution in [0, 0.1) is 0 Å². The number of benzene rings is 1. The van der Waals surface area contributed by atoms with Crippen LogP contribution in [0.15, 0.2) is 48.2 Å². The number of anilines is 1. The molecular formula is C36H54N8O4. The molecule has 0 saturated carbocycles. The Morgan fingerprint density at radius 3 is 2.33 bits per heavy atom. The Morgan fingerprint density at radius 2 is 1.62 bits per heavy atom. The maximum atomic E-state index is 14.1. The zero-order valence-electron chi connectivity index (χ0n) is 28.7. The second-order valence-electron chi connectivity index (χ2n) is 13.4. The van der Waals surface area contributed by atoms with E-state index in [9.17, 15) is 19.2 Å². The molecule has 48 heavy (non-hydrogen) atoms. The Morgan fingerprint density at radius 1 is 0.938 bits per heavy atom. The fourth-order valence-electron chi connectivity index (χ4n) is 7.38. The van der Waals surface area contributed by atoms with Gasteiger partial charge in [0.1, 0.15) is 6.04 Å². The zero-order valence-corrected chi connectivity index (χ0v) is 28.7. The highest BCUT2D eigenvalue weighted by Crippen LogP contribution is 2.28. The van der Waals surface area contributed by atoms with Crippen molar-refractivity contribution in [1.82, 2.24) is 35.6 Å². The van der Waals surface area contributed by atoms with Gasteiger partial charge in [-0.2, -0.15) is 0 Å². The van der Waals surface area contributed by atoms with Gasteiger partial charge in [-0.05, 0) is 81.3 Å². The lowest BCUT2D eigenvalue weighted by atomic mass is 9.98. The number of carbonyl (C=O) groups excluding carboxylic acids is 4. The van der Waals surface area contributed by atoms with E-state index < -0.39 is 6.04 Å². The first-order chi connectivity index (χ1) is 23.4. The van der Waals surface area contributed by atoms with E-state index in [0.717, 1.165) is 55.6 Å². The van der Waals surface area contributed by atoms with Crippen LogP contribution < -0.4 is 21.3 Å². The van der Waals surface area contributed by atoms with Gasteiger partial charge >= 0.3 is 18.1 Å². The van der Waals surface area contributed by atoms with Gasteiger partial charge in [-0.1, -0.05) is 44.0 Å². The van der Waals surface area contributed by atoms with Crippen LogP contribution in [0.3, 0.4) is 0 Å². The third-order valence-electron chi connectivity index (χ3n) is 10.2. The van der Waals surface area contributed by atoms with E-state index in [1.165, 1.54) is 19.3 Å². The van der Waals surface area contributed by atoms with Crippen LogP contribution in [-0.2, 0) is 11.3 Å². The minimum atomic E-state index is -0.737. The van der Waals surface area contributed by atoms with Gasteiger partial charge in [0.15, 0.2) is 0 Å². The summed E-state index contributed by atoms with van der Waals surface area (Å²) in [4.78, 5) is 60.7. The Bertz CT molecular complexity index is 1330. The predicted octanol–water partition coefficient (Wildman–Crippen LogP) is 4.61. The lowest BCUT2D eigenvalue weighted by Crippen LogP contribution is -2.57. The number of hydrogen-bond donors (Lipinski definition) is 4. The number of nitrogens with one attached hydrogen (secondary N) is 4. The number of nitrogens with zero attached hydrogens (tertiary/aromatic N) is 4. The molecule has 0 aromatic heterocycles. The Hall–Kier alpha value is -4.06. The third-order valence-corrected chi connectivity index (χ3v) is 10.2. The standard InChI is InChI=1S/C36H54N8O4/c1-3-4-10-27(13-18-38-34(46)37-2)25-32(33(45)42-21-14-29(15-22-42)41-19-8-5-9-20-41)40-35(47)43-23-16-30(17-24-43)44-26-28-11-6-7-12-31(28)39-36(44)48/h6-7,10-13,18,29-30,32H,3-5,8-9,14-17,19-26H2,1-2H3,(H,39,48)(H,40,47)(H2,37,38,46)/b18-13+,27-10+. The molecule has 0 aliphatic carbocycles. The van der Waals surface area contributed by atoms with Crippen molar-refractivity contribution in [2.45, 2.75) is 95.8 Å². The molecule has 1 aromatic rings. The fourth-order valence-corrected chi connectivity index (χ4v) is 7.38. The summed E-state index contributed by atoms with van der Waals surface area (Å²) in [7, 11) is 1.55. The highest BCUT2D eigenvalue weighted by atomic mass is 16.2. The van der Waals surface area contributed by atoms with Crippen molar-refractivity contribution in [1.29, 1.82) is 0 Å². The molecule has 12 heteroatoms. The molecule has 0 bridgehead atoms. The van der Waals surface area contributed by atoms with Gasteiger partial charge in [-0.3, -0.25) is 4.79 Å².